The van der Waals surface area contributed by atoms with Gasteiger partial charge in [0.05, 0.1) is 11.3 Å². The molecule has 3 nitrogen and oxygen atoms in total. The summed E-state index contributed by atoms with van der Waals surface area (Å²) < 4.78 is 0.814. The van der Waals surface area contributed by atoms with E-state index in [1.807, 2.05) is 42.5 Å². The number of nitriles is 1. The topological polar surface area (TPSA) is 53.0 Å². The van der Waals surface area contributed by atoms with Crippen LogP contribution < -0.4 is 10.6 Å². The zero-order chi connectivity index (χ0) is 15.4. The molecule has 0 radical (unpaired) electrons. The van der Waals surface area contributed by atoms with Crippen LogP contribution in [-0.2, 0) is 6.54 Å². The molecule has 0 unspecified atom stereocenters. The summed E-state index contributed by atoms with van der Waals surface area (Å²) in [6, 6.07) is 16.2. The number of nitrogens with zero attached hydrogens (tertiary/aromatic N) is 2. The molecule has 2 N–H and O–H groups in total. The number of para-hydroxylation sites is 1. The van der Waals surface area contributed by atoms with Crippen LogP contribution in [0.2, 0.25) is 0 Å². The van der Waals surface area contributed by atoms with E-state index in [-0.39, 0.29) is 6.04 Å². The fourth-order valence-electron chi connectivity index (χ4n) is 2.27. The third kappa shape index (κ3) is 3.37. The Morgan fingerprint density at radius 1 is 1.19 bits per heavy atom. The predicted octanol–water partition coefficient (Wildman–Crippen LogP) is 4.32. The number of hydrogen-bond acceptors (Lipinski definition) is 3. The van der Waals surface area contributed by atoms with Crippen LogP contribution in [0.1, 0.15) is 25.0 Å². The molecular formula is C17H18BrN3. The first-order chi connectivity index (χ1) is 10.0. The third-order valence-electron chi connectivity index (χ3n) is 3.43. The molecule has 108 valence electrons. The molecule has 2 aromatic rings. The summed E-state index contributed by atoms with van der Waals surface area (Å²) in [6.45, 7) is 4.90. The van der Waals surface area contributed by atoms with Crippen molar-refractivity contribution >= 4 is 27.3 Å². The van der Waals surface area contributed by atoms with Crippen molar-refractivity contribution in [2.24, 2.45) is 0 Å². The summed E-state index contributed by atoms with van der Waals surface area (Å²) in [4.78, 5) is 2.19. The summed E-state index contributed by atoms with van der Waals surface area (Å²) in [6.07, 6.45) is 0. The van der Waals surface area contributed by atoms with Crippen LogP contribution in [0.15, 0.2) is 46.9 Å². The van der Waals surface area contributed by atoms with Crippen molar-refractivity contribution in [1.29, 1.82) is 5.26 Å². The Balaban J connectivity index is 2.44. The van der Waals surface area contributed by atoms with Gasteiger partial charge in [-0.25, -0.2) is 0 Å². The Morgan fingerprint density at radius 2 is 1.90 bits per heavy atom. The molecule has 2 rings (SSSR count). The van der Waals surface area contributed by atoms with E-state index in [1.165, 1.54) is 0 Å². The highest BCUT2D eigenvalue weighted by molar-refractivity contribution is 9.10. The molecule has 2 aromatic carbocycles. The van der Waals surface area contributed by atoms with E-state index in [9.17, 15) is 5.26 Å². The SMILES string of the molecule is CC(C)N(Cc1ccccc1N)c1cccc(Br)c1C#N. The second-order valence-electron chi connectivity index (χ2n) is 5.17. The second kappa shape index (κ2) is 6.64. The number of rotatable bonds is 4. The zero-order valence-corrected chi connectivity index (χ0v) is 13.8. The molecule has 0 atom stereocenters. The predicted molar refractivity (Wildman–Crippen MR) is 91.0 cm³/mol. The minimum atomic E-state index is 0.256. The fourth-order valence-corrected chi connectivity index (χ4v) is 2.71. The van der Waals surface area contributed by atoms with Crippen molar-refractivity contribution in [2.45, 2.75) is 26.4 Å². The molecule has 0 aliphatic rings. The number of nitrogen functional groups attached to an aromatic ring is 1. The minimum absolute atomic E-state index is 0.256. The van der Waals surface area contributed by atoms with Crippen LogP contribution in [0.5, 0.6) is 0 Å². The lowest BCUT2D eigenvalue weighted by Gasteiger charge is -2.30. The van der Waals surface area contributed by atoms with E-state index in [4.69, 9.17) is 5.73 Å². The van der Waals surface area contributed by atoms with E-state index in [2.05, 4.69) is 40.7 Å². The first kappa shape index (κ1) is 15.4. The van der Waals surface area contributed by atoms with Gasteiger partial charge in [0, 0.05) is 22.7 Å². The highest BCUT2D eigenvalue weighted by Gasteiger charge is 2.17. The van der Waals surface area contributed by atoms with Gasteiger partial charge < -0.3 is 10.6 Å². The van der Waals surface area contributed by atoms with Crippen molar-refractivity contribution in [1.82, 2.24) is 0 Å². The van der Waals surface area contributed by atoms with Gasteiger partial charge in [-0.05, 0) is 53.5 Å². The lowest BCUT2D eigenvalue weighted by molar-refractivity contribution is 0.682. The minimum Gasteiger partial charge on any atom is -0.398 e. The van der Waals surface area contributed by atoms with Gasteiger partial charge in [0.1, 0.15) is 6.07 Å². The zero-order valence-electron chi connectivity index (χ0n) is 12.2. The Hall–Kier alpha value is -1.99. The van der Waals surface area contributed by atoms with Crippen LogP contribution in [0.3, 0.4) is 0 Å². The quantitative estimate of drug-likeness (QED) is 0.841. The molecular weight excluding hydrogens is 326 g/mol. The number of halogens is 1. The lowest BCUT2D eigenvalue weighted by Crippen LogP contribution is -2.31. The third-order valence-corrected chi connectivity index (χ3v) is 4.09. The van der Waals surface area contributed by atoms with E-state index in [1.54, 1.807) is 0 Å². The second-order valence-corrected chi connectivity index (χ2v) is 6.02. The van der Waals surface area contributed by atoms with Gasteiger partial charge in [-0.15, -0.1) is 0 Å². The number of benzene rings is 2. The molecule has 0 aliphatic carbocycles. The Kier molecular flexibility index (Phi) is 4.87. The first-order valence-electron chi connectivity index (χ1n) is 6.83. The number of anilines is 2. The van der Waals surface area contributed by atoms with Crippen molar-refractivity contribution in [3.63, 3.8) is 0 Å². The molecule has 0 aromatic heterocycles. The van der Waals surface area contributed by atoms with Crippen molar-refractivity contribution < 1.29 is 0 Å². The van der Waals surface area contributed by atoms with Crippen molar-refractivity contribution in [3.8, 4) is 6.07 Å². The van der Waals surface area contributed by atoms with Crippen LogP contribution in [0.25, 0.3) is 0 Å². The summed E-state index contributed by atoms with van der Waals surface area (Å²) in [5.41, 5.74) is 9.46. The number of hydrogen-bond donors (Lipinski definition) is 1. The van der Waals surface area contributed by atoms with E-state index >= 15 is 0 Å². The Labute approximate surface area is 134 Å². The monoisotopic (exact) mass is 343 g/mol. The Bertz CT molecular complexity index is 674. The first-order valence-corrected chi connectivity index (χ1v) is 7.62. The average molecular weight is 344 g/mol. The molecule has 0 aliphatic heterocycles. The van der Waals surface area contributed by atoms with Gasteiger partial charge >= 0.3 is 0 Å². The van der Waals surface area contributed by atoms with Gasteiger partial charge in [0.15, 0.2) is 0 Å². The van der Waals surface area contributed by atoms with Crippen LogP contribution >= 0.6 is 15.9 Å². The van der Waals surface area contributed by atoms with Crippen LogP contribution in [0.4, 0.5) is 11.4 Å². The van der Waals surface area contributed by atoms with E-state index in [0.29, 0.717) is 12.1 Å². The van der Waals surface area contributed by atoms with Gasteiger partial charge in [0.25, 0.3) is 0 Å². The Morgan fingerprint density at radius 3 is 2.52 bits per heavy atom. The smallest absolute Gasteiger partial charge is 0.103 e. The molecule has 21 heavy (non-hydrogen) atoms. The van der Waals surface area contributed by atoms with E-state index < -0.39 is 0 Å². The molecule has 4 heteroatoms. The highest BCUT2D eigenvalue weighted by atomic mass is 79.9. The maximum atomic E-state index is 9.42. The maximum absolute atomic E-state index is 9.42. The molecule has 0 spiro atoms. The molecule has 0 fully saturated rings. The summed E-state index contributed by atoms with van der Waals surface area (Å²) in [7, 11) is 0. The van der Waals surface area contributed by atoms with Crippen molar-refractivity contribution in [3.05, 3.63) is 58.1 Å². The summed E-state index contributed by atoms with van der Waals surface area (Å²) in [5, 5.41) is 9.42. The maximum Gasteiger partial charge on any atom is 0.103 e. The van der Waals surface area contributed by atoms with Crippen molar-refractivity contribution in [2.75, 3.05) is 10.6 Å². The highest BCUT2D eigenvalue weighted by Crippen LogP contribution is 2.30. The molecule has 0 amide bonds. The summed E-state index contributed by atoms with van der Waals surface area (Å²) in [5.74, 6) is 0. The van der Waals surface area contributed by atoms with E-state index in [0.717, 1.165) is 21.4 Å². The lowest BCUT2D eigenvalue weighted by atomic mass is 10.1. The molecule has 0 saturated carbocycles. The van der Waals surface area contributed by atoms with Crippen LogP contribution in [-0.4, -0.2) is 6.04 Å². The average Bonchev–Trinajstić information content (AvgIpc) is 2.46. The normalized spacial score (nSPS) is 10.4. The standard InChI is InChI=1S/C17H18BrN3/c1-12(2)21(11-13-6-3-4-8-16(13)20)17-9-5-7-15(18)14(17)10-19/h3-9,12H,11,20H2,1-2H3. The number of nitrogens with two attached hydrogens (primary N) is 1. The van der Waals surface area contributed by atoms with Crippen LogP contribution in [0, 0.1) is 11.3 Å². The molecule has 0 saturated heterocycles. The summed E-state index contributed by atoms with van der Waals surface area (Å²) >= 11 is 3.45. The largest absolute Gasteiger partial charge is 0.398 e. The molecule has 0 heterocycles. The van der Waals surface area contributed by atoms with Gasteiger partial charge in [0.2, 0.25) is 0 Å². The van der Waals surface area contributed by atoms with Gasteiger partial charge in [-0.1, -0.05) is 24.3 Å². The fraction of sp³-hybridized carbons (Fsp3) is 0.235. The van der Waals surface area contributed by atoms with Gasteiger partial charge in [-0.2, -0.15) is 5.26 Å². The molecule has 0 bridgehead atoms. The van der Waals surface area contributed by atoms with Gasteiger partial charge in [-0.3, -0.25) is 0 Å².